The Labute approximate surface area is 196 Å². The van der Waals surface area contributed by atoms with Gasteiger partial charge in [0.25, 0.3) is 0 Å². The van der Waals surface area contributed by atoms with Crippen molar-refractivity contribution in [1.82, 2.24) is 14.8 Å². The maximum Gasteiger partial charge on any atom is 0.237 e. The van der Waals surface area contributed by atoms with Gasteiger partial charge in [0.1, 0.15) is 5.82 Å². The number of nitrogens with zero attached hydrogens (tertiary/aromatic N) is 3. The number of hydrogen-bond acceptors (Lipinski definition) is 4. The van der Waals surface area contributed by atoms with Gasteiger partial charge in [-0.1, -0.05) is 91.0 Å². The van der Waals surface area contributed by atoms with Gasteiger partial charge in [0.2, 0.25) is 11.0 Å². The number of hydrogen-bond donors (Lipinski definition) is 1. The minimum atomic E-state index is -0.438. The molecule has 1 amide bonds. The third kappa shape index (κ3) is 4.47. The fraction of sp³-hybridized carbons (Fsp3) is 0.0741. The summed E-state index contributed by atoms with van der Waals surface area (Å²) in [5.41, 5.74) is 4.60. The molecule has 0 spiro atoms. The lowest BCUT2D eigenvalue weighted by molar-refractivity contribution is -0.116. The minimum Gasteiger partial charge on any atom is -0.310 e. The lowest BCUT2D eigenvalue weighted by Gasteiger charge is -2.18. The summed E-state index contributed by atoms with van der Waals surface area (Å²) >= 11 is 1.49. The van der Waals surface area contributed by atoms with Crippen molar-refractivity contribution in [3.63, 3.8) is 0 Å². The van der Waals surface area contributed by atoms with Crippen LogP contribution < -0.4 is 5.32 Å². The van der Waals surface area contributed by atoms with Crippen LogP contribution in [0.15, 0.2) is 102 Å². The Morgan fingerprint density at radius 1 is 0.879 bits per heavy atom. The molecule has 5 aromatic rings. The number of aryl methyl sites for hydroxylation is 1. The third-order valence-electron chi connectivity index (χ3n) is 5.35. The summed E-state index contributed by atoms with van der Waals surface area (Å²) in [6.07, 6.45) is 0. The number of aromatic nitrogens is 3. The van der Waals surface area contributed by atoms with E-state index in [1.165, 1.54) is 11.3 Å². The van der Waals surface area contributed by atoms with Crippen LogP contribution >= 0.6 is 11.3 Å². The number of rotatable bonds is 6. The molecule has 0 unspecified atom stereocenters. The van der Waals surface area contributed by atoms with E-state index in [4.69, 9.17) is 4.98 Å². The van der Waals surface area contributed by atoms with E-state index in [9.17, 15) is 4.79 Å². The summed E-state index contributed by atoms with van der Waals surface area (Å²) < 4.78 is 1.71. The molecule has 0 radical (unpaired) electrons. The molecule has 2 aromatic heterocycles. The Morgan fingerprint density at radius 3 is 2.06 bits per heavy atom. The van der Waals surface area contributed by atoms with Gasteiger partial charge in [-0.15, -0.1) is 11.3 Å². The Bertz CT molecular complexity index is 1320. The van der Waals surface area contributed by atoms with Crippen molar-refractivity contribution in [3.8, 4) is 16.4 Å². The average Bonchev–Trinajstić information content (AvgIpc) is 3.48. The monoisotopic (exact) mass is 450 g/mol. The first-order valence-corrected chi connectivity index (χ1v) is 11.6. The number of anilines is 1. The van der Waals surface area contributed by atoms with E-state index >= 15 is 0 Å². The summed E-state index contributed by atoms with van der Waals surface area (Å²) in [7, 11) is 0. The SMILES string of the molecule is Cc1cc(NC(=O)C(c2ccccc2)c2ccccc2)n(-c2nc(-c3ccccc3)cs2)n1. The molecule has 0 aliphatic carbocycles. The molecule has 0 bridgehead atoms. The van der Waals surface area contributed by atoms with Gasteiger partial charge in [-0.05, 0) is 18.1 Å². The topological polar surface area (TPSA) is 59.8 Å². The lowest BCUT2D eigenvalue weighted by atomic mass is 9.90. The zero-order valence-electron chi connectivity index (χ0n) is 18.1. The highest BCUT2D eigenvalue weighted by Gasteiger charge is 2.24. The molecule has 5 nitrogen and oxygen atoms in total. The Balaban J connectivity index is 1.47. The van der Waals surface area contributed by atoms with E-state index < -0.39 is 5.92 Å². The first-order chi connectivity index (χ1) is 16.2. The van der Waals surface area contributed by atoms with E-state index in [-0.39, 0.29) is 5.91 Å². The maximum absolute atomic E-state index is 13.6. The van der Waals surface area contributed by atoms with Gasteiger partial charge in [-0.25, -0.2) is 4.98 Å². The van der Waals surface area contributed by atoms with Gasteiger partial charge in [0.05, 0.1) is 17.3 Å². The van der Waals surface area contributed by atoms with Gasteiger partial charge in [-0.2, -0.15) is 9.78 Å². The highest BCUT2D eigenvalue weighted by Crippen LogP contribution is 2.29. The smallest absolute Gasteiger partial charge is 0.237 e. The molecule has 3 aromatic carbocycles. The molecular formula is C27H22N4OS. The van der Waals surface area contributed by atoms with Crippen molar-refractivity contribution in [2.45, 2.75) is 12.8 Å². The van der Waals surface area contributed by atoms with Crippen LogP contribution in [-0.2, 0) is 4.79 Å². The summed E-state index contributed by atoms with van der Waals surface area (Å²) in [5.74, 6) is 0.0453. The molecule has 0 saturated heterocycles. The van der Waals surface area contributed by atoms with Crippen LogP contribution in [0.1, 0.15) is 22.7 Å². The zero-order chi connectivity index (χ0) is 22.6. The Kier molecular flexibility index (Phi) is 5.83. The number of carbonyl (C=O) groups is 1. The highest BCUT2D eigenvalue weighted by molar-refractivity contribution is 7.12. The van der Waals surface area contributed by atoms with E-state index in [1.54, 1.807) is 4.68 Å². The Morgan fingerprint density at radius 2 is 1.45 bits per heavy atom. The summed E-state index contributed by atoms with van der Waals surface area (Å²) in [6.45, 7) is 1.91. The van der Waals surface area contributed by atoms with Crippen molar-refractivity contribution in [2.24, 2.45) is 0 Å². The second-order valence-electron chi connectivity index (χ2n) is 7.71. The van der Waals surface area contributed by atoms with Crippen LogP contribution in [0.2, 0.25) is 0 Å². The first kappa shape index (κ1) is 20.8. The molecule has 0 fully saturated rings. The van der Waals surface area contributed by atoms with Gasteiger partial charge in [-0.3, -0.25) is 4.79 Å². The summed E-state index contributed by atoms with van der Waals surface area (Å²) in [4.78, 5) is 18.3. The van der Waals surface area contributed by atoms with Crippen molar-refractivity contribution in [1.29, 1.82) is 0 Å². The molecule has 162 valence electrons. The predicted octanol–water partition coefficient (Wildman–Crippen LogP) is 6.07. The van der Waals surface area contributed by atoms with Gasteiger partial charge >= 0.3 is 0 Å². The van der Waals surface area contributed by atoms with Crippen molar-refractivity contribution >= 4 is 23.1 Å². The quantitative estimate of drug-likeness (QED) is 0.341. The number of thiazole rings is 1. The number of amides is 1. The molecule has 0 atom stereocenters. The van der Waals surface area contributed by atoms with Gasteiger partial charge in [0, 0.05) is 17.0 Å². The zero-order valence-corrected chi connectivity index (χ0v) is 18.9. The van der Waals surface area contributed by atoms with Crippen LogP contribution in [-0.4, -0.2) is 20.7 Å². The maximum atomic E-state index is 13.6. The highest BCUT2D eigenvalue weighted by atomic mass is 32.1. The standard InChI is InChI=1S/C27H22N4OS/c1-19-17-24(31(30-19)27-28-23(18-33-27)20-11-5-2-6-12-20)29-26(32)25(21-13-7-3-8-14-21)22-15-9-4-10-16-22/h2-18,25H,1H3,(H,29,32). The van der Waals surface area contributed by atoms with Gasteiger partial charge < -0.3 is 5.32 Å². The first-order valence-electron chi connectivity index (χ1n) is 10.7. The molecule has 2 heterocycles. The number of benzene rings is 3. The van der Waals surface area contributed by atoms with Crippen LogP contribution in [0.25, 0.3) is 16.4 Å². The molecule has 0 saturated carbocycles. The second kappa shape index (κ2) is 9.22. The molecule has 0 aliphatic heterocycles. The van der Waals surface area contributed by atoms with Crippen LogP contribution in [0.5, 0.6) is 0 Å². The predicted molar refractivity (Wildman–Crippen MR) is 133 cm³/mol. The number of carbonyl (C=O) groups excluding carboxylic acids is 1. The Hall–Kier alpha value is -4.03. The second-order valence-corrected chi connectivity index (χ2v) is 8.54. The van der Waals surface area contributed by atoms with Crippen LogP contribution in [0.4, 0.5) is 5.82 Å². The molecular weight excluding hydrogens is 428 g/mol. The van der Waals surface area contributed by atoms with Crippen LogP contribution in [0, 0.1) is 6.92 Å². The van der Waals surface area contributed by atoms with Crippen LogP contribution in [0.3, 0.4) is 0 Å². The largest absolute Gasteiger partial charge is 0.310 e. The van der Waals surface area contributed by atoms with Crippen molar-refractivity contribution < 1.29 is 4.79 Å². The minimum absolute atomic E-state index is 0.117. The van der Waals surface area contributed by atoms with E-state index in [0.717, 1.165) is 28.1 Å². The molecule has 1 N–H and O–H groups in total. The molecule has 0 aliphatic rings. The molecule has 5 rings (SSSR count). The normalized spacial score (nSPS) is 11.0. The molecule has 6 heteroatoms. The fourth-order valence-electron chi connectivity index (χ4n) is 3.82. The summed E-state index contributed by atoms with van der Waals surface area (Å²) in [5, 5.41) is 10.4. The lowest BCUT2D eigenvalue weighted by Crippen LogP contribution is -2.23. The third-order valence-corrected chi connectivity index (χ3v) is 6.17. The van der Waals surface area contributed by atoms with Crippen molar-refractivity contribution in [2.75, 3.05) is 5.32 Å². The van der Waals surface area contributed by atoms with E-state index in [1.807, 2.05) is 109 Å². The number of nitrogens with one attached hydrogen (secondary N) is 1. The fourth-order valence-corrected chi connectivity index (χ4v) is 4.62. The van der Waals surface area contributed by atoms with E-state index in [0.29, 0.717) is 10.9 Å². The van der Waals surface area contributed by atoms with E-state index in [2.05, 4.69) is 10.4 Å². The van der Waals surface area contributed by atoms with Crippen molar-refractivity contribution in [3.05, 3.63) is 119 Å². The average molecular weight is 451 g/mol. The summed E-state index contributed by atoms with van der Waals surface area (Å²) in [6, 6.07) is 31.5. The molecule has 33 heavy (non-hydrogen) atoms. The van der Waals surface area contributed by atoms with Gasteiger partial charge in [0.15, 0.2) is 0 Å².